The van der Waals surface area contributed by atoms with Crippen molar-refractivity contribution in [1.82, 2.24) is 9.97 Å². The van der Waals surface area contributed by atoms with Crippen molar-refractivity contribution in [2.45, 2.75) is 33.2 Å². The second-order valence-corrected chi connectivity index (χ2v) is 6.66. The summed E-state index contributed by atoms with van der Waals surface area (Å²) in [5.41, 5.74) is 1.60. The summed E-state index contributed by atoms with van der Waals surface area (Å²) in [7, 11) is 0. The number of halogens is 2. The van der Waals surface area contributed by atoms with Crippen molar-refractivity contribution in [2.75, 3.05) is 10.6 Å². The molecule has 0 saturated heterocycles. The molecule has 0 amide bonds. The Hall–Kier alpha value is -1.52. The molecular weight excluding hydrogens is 307 g/mol. The Morgan fingerprint density at radius 2 is 1.71 bits per heavy atom. The van der Waals surface area contributed by atoms with Gasteiger partial charge in [0.2, 0.25) is 5.95 Å². The van der Waals surface area contributed by atoms with Crippen LogP contribution in [-0.4, -0.2) is 15.5 Å². The van der Waals surface area contributed by atoms with Gasteiger partial charge in [-0.15, -0.1) is 0 Å². The maximum absolute atomic E-state index is 6.00. The number of aromatic nitrogens is 2. The summed E-state index contributed by atoms with van der Waals surface area (Å²) in [5.74, 6) is 1.29. The molecule has 6 heteroatoms. The van der Waals surface area contributed by atoms with E-state index >= 15 is 0 Å². The minimum atomic E-state index is -0.0678. The Kier molecular flexibility index (Phi) is 4.59. The van der Waals surface area contributed by atoms with Crippen LogP contribution in [0.3, 0.4) is 0 Å². The quantitative estimate of drug-likeness (QED) is 0.829. The molecular formula is C15H18Cl2N4. The van der Waals surface area contributed by atoms with Gasteiger partial charge in [-0.25, -0.2) is 4.98 Å². The lowest BCUT2D eigenvalue weighted by molar-refractivity contribution is 0.630. The van der Waals surface area contributed by atoms with Gasteiger partial charge in [-0.1, -0.05) is 23.2 Å². The molecule has 0 unspecified atom stereocenters. The molecule has 0 fully saturated rings. The molecule has 4 nitrogen and oxygen atoms in total. The third-order valence-electron chi connectivity index (χ3n) is 2.53. The Morgan fingerprint density at radius 3 is 2.33 bits per heavy atom. The Balaban J connectivity index is 2.25. The number of nitrogens with one attached hydrogen (secondary N) is 2. The van der Waals surface area contributed by atoms with Crippen molar-refractivity contribution >= 4 is 40.7 Å². The standard InChI is InChI=1S/C15H18Cl2N4/c1-9-7-13(21-15(2,3)4)20-14(18-9)19-10-5-6-11(16)12(17)8-10/h5-8H,1-4H3,(H2,18,19,20,21). The van der Waals surface area contributed by atoms with Crippen molar-refractivity contribution in [3.8, 4) is 0 Å². The van der Waals surface area contributed by atoms with Gasteiger partial charge >= 0.3 is 0 Å². The molecule has 21 heavy (non-hydrogen) atoms. The van der Waals surface area contributed by atoms with Crippen LogP contribution < -0.4 is 10.6 Å². The molecule has 112 valence electrons. The van der Waals surface area contributed by atoms with Crippen LogP contribution in [0.5, 0.6) is 0 Å². The first kappa shape index (κ1) is 15.9. The van der Waals surface area contributed by atoms with Crippen LogP contribution in [0, 0.1) is 6.92 Å². The average molecular weight is 325 g/mol. The molecule has 0 bridgehead atoms. The van der Waals surface area contributed by atoms with E-state index in [0.717, 1.165) is 17.2 Å². The Morgan fingerprint density at radius 1 is 1.00 bits per heavy atom. The third-order valence-corrected chi connectivity index (χ3v) is 3.27. The van der Waals surface area contributed by atoms with Gasteiger partial charge in [-0.05, 0) is 45.9 Å². The van der Waals surface area contributed by atoms with Crippen LogP contribution in [0.4, 0.5) is 17.5 Å². The van der Waals surface area contributed by atoms with Crippen LogP contribution in [-0.2, 0) is 0 Å². The number of rotatable bonds is 3. The number of hydrogen-bond acceptors (Lipinski definition) is 4. The molecule has 0 aliphatic carbocycles. The van der Waals surface area contributed by atoms with Crippen molar-refractivity contribution in [2.24, 2.45) is 0 Å². The summed E-state index contributed by atoms with van der Waals surface area (Å²) < 4.78 is 0. The zero-order valence-corrected chi connectivity index (χ0v) is 14.0. The lowest BCUT2D eigenvalue weighted by Crippen LogP contribution is -2.27. The zero-order chi connectivity index (χ0) is 15.6. The summed E-state index contributed by atoms with van der Waals surface area (Å²) >= 11 is 11.9. The van der Waals surface area contributed by atoms with Crippen molar-refractivity contribution in [3.05, 3.63) is 40.0 Å². The Bertz CT molecular complexity index is 651. The summed E-state index contributed by atoms with van der Waals surface area (Å²) in [6.45, 7) is 8.17. The lowest BCUT2D eigenvalue weighted by Gasteiger charge is -2.21. The molecule has 0 saturated carbocycles. The van der Waals surface area contributed by atoms with Crippen LogP contribution in [0.25, 0.3) is 0 Å². The van der Waals surface area contributed by atoms with Crippen LogP contribution in [0.2, 0.25) is 10.0 Å². The first-order valence-corrected chi connectivity index (χ1v) is 7.34. The van der Waals surface area contributed by atoms with E-state index in [1.807, 2.05) is 19.1 Å². The fourth-order valence-electron chi connectivity index (χ4n) is 1.78. The van der Waals surface area contributed by atoms with E-state index in [0.29, 0.717) is 16.0 Å². The number of anilines is 3. The largest absolute Gasteiger partial charge is 0.365 e. The van der Waals surface area contributed by atoms with Gasteiger partial charge in [0.25, 0.3) is 0 Å². The first-order chi connectivity index (χ1) is 9.73. The lowest BCUT2D eigenvalue weighted by atomic mass is 10.1. The molecule has 1 heterocycles. The highest BCUT2D eigenvalue weighted by atomic mass is 35.5. The van der Waals surface area contributed by atoms with E-state index in [2.05, 4.69) is 41.4 Å². The van der Waals surface area contributed by atoms with Gasteiger partial charge < -0.3 is 10.6 Å². The predicted octanol–water partition coefficient (Wildman–Crippen LogP) is 5.05. The van der Waals surface area contributed by atoms with E-state index in [1.165, 1.54) is 0 Å². The van der Waals surface area contributed by atoms with Gasteiger partial charge in [0.1, 0.15) is 5.82 Å². The molecule has 0 aliphatic heterocycles. The number of nitrogens with zero attached hydrogens (tertiary/aromatic N) is 2. The molecule has 1 aromatic heterocycles. The summed E-state index contributed by atoms with van der Waals surface area (Å²) in [6.07, 6.45) is 0. The molecule has 0 spiro atoms. The van der Waals surface area contributed by atoms with Crippen LogP contribution in [0.15, 0.2) is 24.3 Å². The normalized spacial score (nSPS) is 11.3. The second-order valence-electron chi connectivity index (χ2n) is 5.85. The molecule has 0 radical (unpaired) electrons. The highest BCUT2D eigenvalue weighted by molar-refractivity contribution is 6.42. The fourth-order valence-corrected chi connectivity index (χ4v) is 2.07. The summed E-state index contributed by atoms with van der Waals surface area (Å²) in [6, 6.07) is 7.21. The maximum atomic E-state index is 6.00. The topological polar surface area (TPSA) is 49.8 Å². The van der Waals surface area contributed by atoms with Gasteiger partial charge in [0.05, 0.1) is 10.0 Å². The number of benzene rings is 1. The number of hydrogen-bond donors (Lipinski definition) is 2. The molecule has 2 rings (SSSR count). The molecule has 1 aromatic carbocycles. The first-order valence-electron chi connectivity index (χ1n) is 6.59. The second kappa shape index (κ2) is 6.08. The highest BCUT2D eigenvalue weighted by Gasteiger charge is 2.12. The van der Waals surface area contributed by atoms with E-state index in [4.69, 9.17) is 23.2 Å². The fraction of sp³-hybridized carbons (Fsp3) is 0.333. The summed E-state index contributed by atoms with van der Waals surface area (Å²) in [4.78, 5) is 8.83. The Labute approximate surface area is 134 Å². The van der Waals surface area contributed by atoms with Gasteiger partial charge in [0.15, 0.2) is 0 Å². The smallest absolute Gasteiger partial charge is 0.229 e. The van der Waals surface area contributed by atoms with E-state index < -0.39 is 0 Å². The summed E-state index contributed by atoms with van der Waals surface area (Å²) in [5, 5.41) is 7.47. The van der Waals surface area contributed by atoms with E-state index in [1.54, 1.807) is 12.1 Å². The van der Waals surface area contributed by atoms with Gasteiger partial charge in [-0.2, -0.15) is 4.98 Å². The van der Waals surface area contributed by atoms with Gasteiger partial charge in [0, 0.05) is 23.0 Å². The van der Waals surface area contributed by atoms with Crippen LogP contribution in [0.1, 0.15) is 26.5 Å². The minimum absolute atomic E-state index is 0.0678. The number of aryl methyl sites for hydroxylation is 1. The SMILES string of the molecule is Cc1cc(NC(C)(C)C)nc(Nc2ccc(Cl)c(Cl)c2)n1. The van der Waals surface area contributed by atoms with Crippen molar-refractivity contribution < 1.29 is 0 Å². The monoisotopic (exact) mass is 324 g/mol. The highest BCUT2D eigenvalue weighted by Crippen LogP contribution is 2.26. The van der Waals surface area contributed by atoms with E-state index in [9.17, 15) is 0 Å². The zero-order valence-electron chi connectivity index (χ0n) is 12.5. The minimum Gasteiger partial charge on any atom is -0.365 e. The molecule has 0 atom stereocenters. The van der Waals surface area contributed by atoms with E-state index in [-0.39, 0.29) is 5.54 Å². The average Bonchev–Trinajstić information content (AvgIpc) is 2.31. The maximum Gasteiger partial charge on any atom is 0.229 e. The predicted molar refractivity (Wildman–Crippen MR) is 89.9 cm³/mol. The van der Waals surface area contributed by atoms with Crippen molar-refractivity contribution in [3.63, 3.8) is 0 Å². The third kappa shape index (κ3) is 4.76. The van der Waals surface area contributed by atoms with Gasteiger partial charge in [-0.3, -0.25) is 0 Å². The molecule has 0 aliphatic rings. The molecule has 2 aromatic rings. The van der Waals surface area contributed by atoms with Crippen molar-refractivity contribution in [1.29, 1.82) is 0 Å². The molecule has 2 N–H and O–H groups in total. The van der Waals surface area contributed by atoms with Crippen LogP contribution >= 0.6 is 23.2 Å².